The lowest BCUT2D eigenvalue weighted by Crippen LogP contribution is -2.15. The maximum Gasteiger partial charge on any atom is 0.124 e. The SMILES string of the molecule is c1ccc(COc2ccc([C@H]3CCc4cc(OCc5ccccc5)ccc4O3)cc2)cc1. The number of aryl methyl sites for hydroxylation is 1. The lowest BCUT2D eigenvalue weighted by Gasteiger charge is -2.27. The monoisotopic (exact) mass is 422 g/mol. The summed E-state index contributed by atoms with van der Waals surface area (Å²) in [6, 6.07) is 34.8. The summed E-state index contributed by atoms with van der Waals surface area (Å²) in [5.74, 6) is 2.70. The molecule has 0 radical (unpaired) electrons. The molecular formula is C29H26O3. The Labute approximate surface area is 189 Å². The zero-order valence-electron chi connectivity index (χ0n) is 17.9. The molecule has 5 rings (SSSR count). The molecule has 1 aliphatic heterocycles. The van der Waals surface area contributed by atoms with Gasteiger partial charge < -0.3 is 14.2 Å². The highest BCUT2D eigenvalue weighted by Gasteiger charge is 2.22. The van der Waals surface area contributed by atoms with Crippen molar-refractivity contribution in [1.82, 2.24) is 0 Å². The van der Waals surface area contributed by atoms with E-state index in [1.54, 1.807) is 0 Å². The smallest absolute Gasteiger partial charge is 0.124 e. The molecule has 0 saturated carbocycles. The summed E-state index contributed by atoms with van der Waals surface area (Å²) in [6.45, 7) is 1.14. The molecule has 3 nitrogen and oxygen atoms in total. The molecule has 0 N–H and O–H groups in total. The van der Waals surface area contributed by atoms with Crippen LogP contribution >= 0.6 is 0 Å². The van der Waals surface area contributed by atoms with Gasteiger partial charge in [0.05, 0.1) is 0 Å². The molecule has 32 heavy (non-hydrogen) atoms. The Balaban J connectivity index is 1.18. The molecule has 3 heteroatoms. The standard InChI is InChI=1S/C29H26O3/c1-3-7-22(8-4-1)20-30-26-14-11-24(12-15-26)28-17-13-25-19-27(16-18-29(25)32-28)31-21-23-9-5-2-6-10-23/h1-12,14-16,18-19,28H,13,17,20-21H2/t28-/m1/s1. The van der Waals surface area contributed by atoms with Gasteiger partial charge in [0.15, 0.2) is 0 Å². The van der Waals surface area contributed by atoms with Crippen molar-refractivity contribution in [2.75, 3.05) is 0 Å². The van der Waals surface area contributed by atoms with Crippen LogP contribution in [-0.4, -0.2) is 0 Å². The quantitative estimate of drug-likeness (QED) is 0.324. The van der Waals surface area contributed by atoms with Gasteiger partial charge in [-0.25, -0.2) is 0 Å². The second kappa shape index (κ2) is 9.61. The first-order valence-electron chi connectivity index (χ1n) is 11.1. The fraction of sp³-hybridized carbons (Fsp3) is 0.172. The summed E-state index contributed by atoms with van der Waals surface area (Å²) < 4.78 is 18.2. The molecule has 0 spiro atoms. The fourth-order valence-electron chi connectivity index (χ4n) is 3.95. The minimum Gasteiger partial charge on any atom is -0.489 e. The molecule has 0 aliphatic carbocycles. The van der Waals surface area contributed by atoms with Crippen LogP contribution in [0.4, 0.5) is 0 Å². The molecule has 0 aromatic heterocycles. The molecule has 4 aromatic rings. The highest BCUT2D eigenvalue weighted by Crippen LogP contribution is 2.37. The Morgan fingerprint density at radius 3 is 1.91 bits per heavy atom. The van der Waals surface area contributed by atoms with Gasteiger partial charge in [-0.3, -0.25) is 0 Å². The normalized spacial score (nSPS) is 14.8. The number of hydrogen-bond acceptors (Lipinski definition) is 3. The van der Waals surface area contributed by atoms with Crippen LogP contribution in [0.25, 0.3) is 0 Å². The van der Waals surface area contributed by atoms with E-state index < -0.39 is 0 Å². The Morgan fingerprint density at radius 2 is 1.25 bits per heavy atom. The number of fused-ring (bicyclic) bond motifs is 1. The van der Waals surface area contributed by atoms with Crippen molar-refractivity contribution < 1.29 is 14.2 Å². The van der Waals surface area contributed by atoms with Gasteiger partial charge >= 0.3 is 0 Å². The fourth-order valence-corrected chi connectivity index (χ4v) is 3.95. The van der Waals surface area contributed by atoms with E-state index in [9.17, 15) is 0 Å². The van der Waals surface area contributed by atoms with E-state index in [2.05, 4.69) is 42.5 Å². The molecule has 1 atom stereocenters. The molecule has 160 valence electrons. The van der Waals surface area contributed by atoms with Crippen LogP contribution in [0.15, 0.2) is 103 Å². The Bertz CT molecular complexity index is 1140. The van der Waals surface area contributed by atoms with Crippen molar-refractivity contribution in [1.29, 1.82) is 0 Å². The van der Waals surface area contributed by atoms with Gasteiger partial charge in [-0.05, 0) is 65.4 Å². The molecule has 0 bridgehead atoms. The largest absolute Gasteiger partial charge is 0.489 e. The molecule has 0 saturated heterocycles. The third-order valence-electron chi connectivity index (χ3n) is 5.73. The first-order valence-corrected chi connectivity index (χ1v) is 11.1. The Morgan fingerprint density at radius 1 is 0.656 bits per heavy atom. The minimum absolute atomic E-state index is 0.0572. The Kier molecular flexibility index (Phi) is 6.07. The van der Waals surface area contributed by atoms with E-state index in [1.807, 2.05) is 60.7 Å². The molecular weight excluding hydrogens is 396 g/mol. The van der Waals surface area contributed by atoms with E-state index in [-0.39, 0.29) is 6.10 Å². The maximum atomic E-state index is 6.31. The minimum atomic E-state index is 0.0572. The molecule has 0 unspecified atom stereocenters. The van der Waals surface area contributed by atoms with Gasteiger partial charge in [0.1, 0.15) is 36.6 Å². The van der Waals surface area contributed by atoms with Gasteiger partial charge in [-0.1, -0.05) is 72.8 Å². The highest BCUT2D eigenvalue weighted by atomic mass is 16.5. The zero-order chi connectivity index (χ0) is 21.6. The summed E-state index contributed by atoms with van der Waals surface area (Å²) in [6.07, 6.45) is 1.97. The summed E-state index contributed by atoms with van der Waals surface area (Å²) in [5, 5.41) is 0. The van der Waals surface area contributed by atoms with Gasteiger partial charge in [0.2, 0.25) is 0 Å². The van der Waals surface area contributed by atoms with E-state index in [0.717, 1.165) is 41.2 Å². The third kappa shape index (κ3) is 4.94. The summed E-state index contributed by atoms with van der Waals surface area (Å²) in [7, 11) is 0. The number of ether oxygens (including phenoxy) is 3. The van der Waals surface area contributed by atoms with E-state index >= 15 is 0 Å². The number of hydrogen-bond donors (Lipinski definition) is 0. The van der Waals surface area contributed by atoms with Crippen molar-refractivity contribution in [2.45, 2.75) is 32.2 Å². The number of benzene rings is 4. The topological polar surface area (TPSA) is 27.7 Å². The van der Waals surface area contributed by atoms with Crippen molar-refractivity contribution in [2.24, 2.45) is 0 Å². The summed E-state index contributed by atoms with van der Waals surface area (Å²) in [4.78, 5) is 0. The van der Waals surface area contributed by atoms with Gasteiger partial charge in [0.25, 0.3) is 0 Å². The lowest BCUT2D eigenvalue weighted by molar-refractivity contribution is 0.176. The van der Waals surface area contributed by atoms with Crippen molar-refractivity contribution in [3.8, 4) is 17.2 Å². The zero-order valence-corrected chi connectivity index (χ0v) is 17.9. The molecule has 4 aromatic carbocycles. The maximum absolute atomic E-state index is 6.31. The van der Waals surface area contributed by atoms with Gasteiger partial charge in [-0.15, -0.1) is 0 Å². The van der Waals surface area contributed by atoms with E-state index in [1.165, 1.54) is 11.1 Å². The van der Waals surface area contributed by atoms with Crippen molar-refractivity contribution in [3.63, 3.8) is 0 Å². The van der Waals surface area contributed by atoms with Crippen LogP contribution in [0.5, 0.6) is 17.2 Å². The lowest BCUT2D eigenvalue weighted by atomic mass is 9.97. The first-order chi connectivity index (χ1) is 15.8. The van der Waals surface area contributed by atoms with E-state index in [0.29, 0.717) is 13.2 Å². The van der Waals surface area contributed by atoms with Crippen molar-refractivity contribution >= 4 is 0 Å². The second-order valence-corrected chi connectivity index (χ2v) is 8.03. The second-order valence-electron chi connectivity index (χ2n) is 8.03. The highest BCUT2D eigenvalue weighted by molar-refractivity contribution is 5.43. The van der Waals surface area contributed by atoms with Gasteiger partial charge in [-0.2, -0.15) is 0 Å². The predicted octanol–water partition coefficient (Wildman–Crippen LogP) is 6.91. The molecule has 1 heterocycles. The predicted molar refractivity (Wildman–Crippen MR) is 126 cm³/mol. The van der Waals surface area contributed by atoms with Crippen LogP contribution < -0.4 is 14.2 Å². The van der Waals surface area contributed by atoms with Gasteiger partial charge in [0, 0.05) is 0 Å². The van der Waals surface area contributed by atoms with Crippen LogP contribution in [0.3, 0.4) is 0 Å². The summed E-state index contributed by atoms with van der Waals surface area (Å²) >= 11 is 0. The van der Waals surface area contributed by atoms with Crippen LogP contribution in [0.1, 0.15) is 34.8 Å². The average molecular weight is 423 g/mol. The van der Waals surface area contributed by atoms with Crippen molar-refractivity contribution in [3.05, 3.63) is 125 Å². The van der Waals surface area contributed by atoms with E-state index in [4.69, 9.17) is 14.2 Å². The van der Waals surface area contributed by atoms with Crippen LogP contribution in [0.2, 0.25) is 0 Å². The summed E-state index contributed by atoms with van der Waals surface area (Å²) in [5.41, 5.74) is 4.70. The van der Waals surface area contributed by atoms with Crippen LogP contribution in [-0.2, 0) is 19.6 Å². The number of rotatable bonds is 7. The third-order valence-corrected chi connectivity index (χ3v) is 5.73. The molecule has 0 fully saturated rings. The average Bonchev–Trinajstić information content (AvgIpc) is 2.87. The molecule has 1 aliphatic rings. The van der Waals surface area contributed by atoms with Crippen LogP contribution in [0, 0.1) is 0 Å². The Hall–Kier alpha value is -3.72. The molecule has 0 amide bonds. The first kappa shape index (κ1) is 20.2.